The van der Waals surface area contributed by atoms with E-state index >= 15 is 0 Å². The lowest BCUT2D eigenvalue weighted by Gasteiger charge is -2.35. The van der Waals surface area contributed by atoms with Crippen molar-refractivity contribution in [2.45, 2.75) is 6.54 Å². The second-order valence-electron chi connectivity index (χ2n) is 6.44. The summed E-state index contributed by atoms with van der Waals surface area (Å²) in [6, 6.07) is 8.32. The topological polar surface area (TPSA) is 75.9 Å². The molecule has 2 aromatic rings. The van der Waals surface area contributed by atoms with E-state index in [1.807, 2.05) is 0 Å². The van der Waals surface area contributed by atoms with Gasteiger partial charge in [0.1, 0.15) is 17.1 Å². The molecule has 1 saturated heterocycles. The van der Waals surface area contributed by atoms with Gasteiger partial charge in [-0.05, 0) is 30.3 Å². The fraction of sp³-hybridized carbons (Fsp3) is 0.316. The van der Waals surface area contributed by atoms with Crippen LogP contribution in [0.1, 0.15) is 15.9 Å². The van der Waals surface area contributed by atoms with Gasteiger partial charge >= 0.3 is 0 Å². The molecule has 1 aliphatic heterocycles. The lowest BCUT2D eigenvalue weighted by Crippen LogP contribution is -2.48. The van der Waals surface area contributed by atoms with E-state index < -0.39 is 10.8 Å². The van der Waals surface area contributed by atoms with Crippen LogP contribution in [0.15, 0.2) is 36.4 Å². The van der Waals surface area contributed by atoms with Crippen LogP contribution >= 0.6 is 11.6 Å². The van der Waals surface area contributed by atoms with Crippen molar-refractivity contribution in [1.29, 1.82) is 0 Å². The number of amides is 1. The molecule has 28 heavy (non-hydrogen) atoms. The zero-order chi connectivity index (χ0) is 20.3. The molecule has 0 bridgehead atoms. The van der Waals surface area contributed by atoms with Crippen molar-refractivity contribution in [2.75, 3.05) is 33.3 Å². The molecule has 0 N–H and O–H groups in total. The number of hydrogen-bond donors (Lipinski definition) is 0. The van der Waals surface area contributed by atoms with Crippen LogP contribution in [0.5, 0.6) is 5.75 Å². The van der Waals surface area contributed by atoms with Gasteiger partial charge in [-0.3, -0.25) is 19.8 Å². The Labute approximate surface area is 166 Å². The average Bonchev–Trinajstić information content (AvgIpc) is 2.68. The summed E-state index contributed by atoms with van der Waals surface area (Å²) in [6.45, 7) is 2.40. The van der Waals surface area contributed by atoms with Crippen molar-refractivity contribution in [2.24, 2.45) is 0 Å². The molecule has 0 radical (unpaired) electrons. The van der Waals surface area contributed by atoms with Crippen LogP contribution in [0.25, 0.3) is 0 Å². The zero-order valence-electron chi connectivity index (χ0n) is 15.2. The molecule has 9 heteroatoms. The monoisotopic (exact) mass is 407 g/mol. The lowest BCUT2D eigenvalue weighted by atomic mass is 10.1. The molecule has 0 spiro atoms. The first-order valence-electron chi connectivity index (χ1n) is 8.67. The Morgan fingerprint density at radius 2 is 1.93 bits per heavy atom. The van der Waals surface area contributed by atoms with E-state index in [-0.39, 0.29) is 22.1 Å². The van der Waals surface area contributed by atoms with Crippen LogP contribution in [-0.2, 0) is 6.54 Å². The minimum Gasteiger partial charge on any atom is -0.496 e. The number of hydrogen-bond acceptors (Lipinski definition) is 5. The molecule has 0 aliphatic carbocycles. The first-order valence-corrected chi connectivity index (χ1v) is 9.05. The molecule has 148 valence electrons. The molecule has 1 aliphatic rings. The van der Waals surface area contributed by atoms with E-state index in [2.05, 4.69) is 4.90 Å². The van der Waals surface area contributed by atoms with Crippen molar-refractivity contribution < 1.29 is 18.8 Å². The largest absolute Gasteiger partial charge is 0.496 e. The van der Waals surface area contributed by atoms with Crippen LogP contribution < -0.4 is 4.74 Å². The summed E-state index contributed by atoms with van der Waals surface area (Å²) in [4.78, 5) is 27.0. The normalized spacial score (nSPS) is 14.8. The molecular weight excluding hydrogens is 389 g/mol. The summed E-state index contributed by atoms with van der Waals surface area (Å²) < 4.78 is 18.8. The van der Waals surface area contributed by atoms with Gasteiger partial charge in [-0.15, -0.1) is 0 Å². The number of ether oxygens (including phenoxy) is 1. The summed E-state index contributed by atoms with van der Waals surface area (Å²) >= 11 is 5.92. The van der Waals surface area contributed by atoms with E-state index in [1.54, 1.807) is 11.0 Å². The Hall–Kier alpha value is -2.71. The third kappa shape index (κ3) is 4.40. The van der Waals surface area contributed by atoms with Crippen molar-refractivity contribution in [3.8, 4) is 5.75 Å². The fourth-order valence-electron chi connectivity index (χ4n) is 3.23. The minimum absolute atomic E-state index is 0.0160. The summed E-state index contributed by atoms with van der Waals surface area (Å²) in [6.07, 6.45) is 0. The SMILES string of the molecule is COc1ccc(F)cc1CN1CCN(C(=O)c2cc(Cl)ccc2[N+](=O)[O-])CC1. The van der Waals surface area contributed by atoms with Crippen molar-refractivity contribution in [1.82, 2.24) is 9.80 Å². The highest BCUT2D eigenvalue weighted by molar-refractivity contribution is 6.31. The number of halogens is 2. The van der Waals surface area contributed by atoms with E-state index in [0.717, 1.165) is 5.56 Å². The molecule has 0 aromatic heterocycles. The van der Waals surface area contributed by atoms with E-state index in [1.165, 1.54) is 37.4 Å². The number of nitrogens with zero attached hydrogens (tertiary/aromatic N) is 3. The Bertz CT molecular complexity index is 901. The number of nitro benzene ring substituents is 1. The highest BCUT2D eigenvalue weighted by Gasteiger charge is 2.28. The smallest absolute Gasteiger partial charge is 0.282 e. The van der Waals surface area contributed by atoms with Gasteiger partial charge in [-0.25, -0.2) is 4.39 Å². The standard InChI is InChI=1S/C19H19ClFN3O4/c1-28-18-5-3-15(21)10-13(18)12-22-6-8-23(9-7-22)19(25)16-11-14(20)2-4-17(16)24(26)27/h2-5,10-11H,6-9,12H2,1H3. The highest BCUT2D eigenvalue weighted by atomic mass is 35.5. The van der Waals surface area contributed by atoms with Gasteiger partial charge in [-0.2, -0.15) is 0 Å². The summed E-state index contributed by atoms with van der Waals surface area (Å²) in [7, 11) is 1.53. The third-order valence-electron chi connectivity index (χ3n) is 4.68. The zero-order valence-corrected chi connectivity index (χ0v) is 16.0. The first kappa shape index (κ1) is 20.0. The molecule has 0 atom stereocenters. The second kappa shape index (κ2) is 8.53. The van der Waals surface area contributed by atoms with Gasteiger partial charge < -0.3 is 9.64 Å². The Kier molecular flexibility index (Phi) is 6.11. The fourth-order valence-corrected chi connectivity index (χ4v) is 3.40. The maximum Gasteiger partial charge on any atom is 0.282 e. The van der Waals surface area contributed by atoms with E-state index in [9.17, 15) is 19.3 Å². The van der Waals surface area contributed by atoms with Gasteiger partial charge in [0.25, 0.3) is 11.6 Å². The minimum atomic E-state index is -0.587. The van der Waals surface area contributed by atoms with Gasteiger partial charge in [0.15, 0.2) is 0 Å². The number of benzene rings is 2. The summed E-state index contributed by atoms with van der Waals surface area (Å²) in [5.41, 5.74) is 0.451. The van der Waals surface area contributed by atoms with E-state index in [0.29, 0.717) is 38.5 Å². The lowest BCUT2D eigenvalue weighted by molar-refractivity contribution is -0.385. The summed E-state index contributed by atoms with van der Waals surface area (Å²) in [5, 5.41) is 11.5. The number of piperazine rings is 1. The number of carbonyl (C=O) groups excluding carboxylic acids is 1. The molecule has 3 rings (SSSR count). The predicted octanol–water partition coefficient (Wildman–Crippen LogP) is 3.35. The maximum absolute atomic E-state index is 13.5. The van der Waals surface area contributed by atoms with Crippen LogP contribution in [0.4, 0.5) is 10.1 Å². The number of rotatable bonds is 5. The Morgan fingerprint density at radius 1 is 1.21 bits per heavy atom. The van der Waals surface area contributed by atoms with Crippen molar-refractivity contribution in [3.05, 3.63) is 68.5 Å². The quantitative estimate of drug-likeness (QED) is 0.561. The highest BCUT2D eigenvalue weighted by Crippen LogP contribution is 2.25. The molecular formula is C19H19ClFN3O4. The van der Waals surface area contributed by atoms with Gasteiger partial charge in [0.05, 0.1) is 12.0 Å². The molecule has 1 heterocycles. The van der Waals surface area contributed by atoms with E-state index in [4.69, 9.17) is 16.3 Å². The predicted molar refractivity (Wildman–Crippen MR) is 102 cm³/mol. The Balaban J connectivity index is 1.68. The second-order valence-corrected chi connectivity index (χ2v) is 6.88. The van der Waals surface area contributed by atoms with Crippen LogP contribution in [0.2, 0.25) is 5.02 Å². The van der Waals surface area contributed by atoms with Crippen molar-refractivity contribution in [3.63, 3.8) is 0 Å². The third-order valence-corrected chi connectivity index (χ3v) is 4.92. The molecule has 1 amide bonds. The number of nitro groups is 1. The van der Waals surface area contributed by atoms with Crippen molar-refractivity contribution >= 4 is 23.2 Å². The molecule has 2 aromatic carbocycles. The molecule has 7 nitrogen and oxygen atoms in total. The molecule has 0 saturated carbocycles. The first-order chi connectivity index (χ1) is 13.4. The number of methoxy groups -OCH3 is 1. The van der Waals surface area contributed by atoms with Crippen LogP contribution in [0.3, 0.4) is 0 Å². The molecule has 0 unspecified atom stereocenters. The van der Waals surface area contributed by atoms with Crippen LogP contribution in [-0.4, -0.2) is 53.9 Å². The average molecular weight is 408 g/mol. The Morgan fingerprint density at radius 3 is 2.57 bits per heavy atom. The van der Waals surface area contributed by atoms with Gasteiger partial charge in [0.2, 0.25) is 0 Å². The molecule has 1 fully saturated rings. The maximum atomic E-state index is 13.5. The van der Waals surface area contributed by atoms with Crippen LogP contribution in [0, 0.1) is 15.9 Å². The van der Waals surface area contributed by atoms with Gasteiger partial charge in [0, 0.05) is 49.4 Å². The summed E-state index contributed by atoms with van der Waals surface area (Å²) in [5.74, 6) is -0.149. The van der Waals surface area contributed by atoms with Gasteiger partial charge in [-0.1, -0.05) is 11.6 Å². The number of carbonyl (C=O) groups is 1.